The largest absolute Gasteiger partial charge is 0.368 e. The van der Waals surface area contributed by atoms with E-state index in [2.05, 4.69) is 15.5 Å². The average molecular weight is 308 g/mol. The van der Waals surface area contributed by atoms with E-state index in [9.17, 15) is 4.79 Å². The molecule has 2 rings (SSSR count). The van der Waals surface area contributed by atoms with Crippen LogP contribution in [0.3, 0.4) is 0 Å². The molecule has 1 amide bonds. The van der Waals surface area contributed by atoms with Crippen LogP contribution in [0.1, 0.15) is 10.6 Å². The number of thioether (sulfide) groups is 1. The monoisotopic (exact) mass is 308 g/mol. The molecule has 0 saturated carbocycles. The lowest BCUT2D eigenvalue weighted by Gasteiger charge is -2.30. The molecule has 0 aliphatic carbocycles. The second-order valence-corrected chi connectivity index (χ2v) is 6.67. The van der Waals surface area contributed by atoms with Crippen molar-refractivity contribution < 1.29 is 4.79 Å². The van der Waals surface area contributed by atoms with Gasteiger partial charge in [0.05, 0.1) is 0 Å². The highest BCUT2D eigenvalue weighted by Crippen LogP contribution is 2.30. The van der Waals surface area contributed by atoms with Crippen molar-refractivity contribution in [1.82, 2.24) is 15.5 Å². The van der Waals surface area contributed by atoms with E-state index in [1.165, 1.54) is 23.1 Å². The second kappa shape index (κ2) is 6.34. The van der Waals surface area contributed by atoms with Crippen LogP contribution in [-0.4, -0.2) is 28.9 Å². The summed E-state index contributed by atoms with van der Waals surface area (Å²) in [6.07, 6.45) is 0. The first-order valence-corrected chi connectivity index (χ1v) is 7.86. The normalized spacial score (nSPS) is 13.9. The fourth-order valence-corrected chi connectivity index (χ4v) is 3.95. The number of primary amides is 1. The van der Waals surface area contributed by atoms with Crippen LogP contribution in [-0.2, 0) is 10.3 Å². The number of hydrogen-bond acceptors (Lipinski definition) is 6. The number of likely N-dealkylation sites (N-methyl/N-ethyl adjacent to an activating group) is 1. The summed E-state index contributed by atoms with van der Waals surface area (Å²) in [7, 11) is 1.74. The summed E-state index contributed by atoms with van der Waals surface area (Å²) in [5, 5.41) is 12.0. The van der Waals surface area contributed by atoms with Crippen molar-refractivity contribution >= 4 is 29.0 Å². The molecule has 5 nitrogen and oxygen atoms in total. The number of carbonyl (C=O) groups is 1. The zero-order valence-corrected chi connectivity index (χ0v) is 12.9. The Morgan fingerprint density at radius 2 is 2.10 bits per heavy atom. The van der Waals surface area contributed by atoms with Gasteiger partial charge in [-0.2, -0.15) is 0 Å². The van der Waals surface area contributed by atoms with Crippen molar-refractivity contribution in [1.29, 1.82) is 0 Å². The third-order valence-electron chi connectivity index (χ3n) is 3.03. The molecule has 2 aromatic rings. The van der Waals surface area contributed by atoms with Gasteiger partial charge in [-0.25, -0.2) is 0 Å². The highest BCUT2D eigenvalue weighted by molar-refractivity contribution is 8.01. The molecule has 0 saturated heterocycles. The van der Waals surface area contributed by atoms with Crippen LogP contribution in [0.5, 0.6) is 0 Å². The van der Waals surface area contributed by atoms with Crippen molar-refractivity contribution in [2.75, 3.05) is 12.8 Å². The van der Waals surface area contributed by atoms with Gasteiger partial charge in [0.25, 0.3) is 0 Å². The van der Waals surface area contributed by atoms with Crippen molar-refractivity contribution in [2.24, 2.45) is 5.73 Å². The molecule has 7 heteroatoms. The fraction of sp³-hybridized carbons (Fsp3) is 0.308. The van der Waals surface area contributed by atoms with E-state index in [1.807, 2.05) is 37.3 Å². The van der Waals surface area contributed by atoms with Crippen LogP contribution >= 0.6 is 23.1 Å². The molecular formula is C13H16N4OS2. The molecule has 1 heterocycles. The minimum Gasteiger partial charge on any atom is -0.368 e. The lowest BCUT2D eigenvalue weighted by Crippen LogP contribution is -2.53. The average Bonchev–Trinajstić information content (AvgIpc) is 2.87. The van der Waals surface area contributed by atoms with Gasteiger partial charge in [-0.15, -0.1) is 10.2 Å². The van der Waals surface area contributed by atoms with Gasteiger partial charge in [0.2, 0.25) is 5.91 Å². The van der Waals surface area contributed by atoms with Crippen LogP contribution in [0.15, 0.2) is 34.7 Å². The van der Waals surface area contributed by atoms with Gasteiger partial charge in [-0.3, -0.25) is 4.79 Å². The van der Waals surface area contributed by atoms with Gasteiger partial charge < -0.3 is 11.1 Å². The molecule has 1 atom stereocenters. The molecule has 0 spiro atoms. The van der Waals surface area contributed by atoms with E-state index in [0.717, 1.165) is 14.9 Å². The SMILES string of the molecule is CNC(CSc1nnc(C)s1)(C(N)=O)c1ccccc1. The minimum atomic E-state index is -0.911. The Morgan fingerprint density at radius 1 is 1.40 bits per heavy atom. The van der Waals surface area contributed by atoms with Crippen LogP contribution < -0.4 is 11.1 Å². The Hall–Kier alpha value is -1.44. The third kappa shape index (κ3) is 3.00. The van der Waals surface area contributed by atoms with Crippen LogP contribution in [0.25, 0.3) is 0 Å². The molecule has 0 bridgehead atoms. The molecule has 1 unspecified atom stereocenters. The molecular weight excluding hydrogens is 292 g/mol. The predicted molar refractivity (Wildman–Crippen MR) is 81.7 cm³/mol. The maximum atomic E-state index is 12.0. The van der Waals surface area contributed by atoms with Gasteiger partial charge in [0.1, 0.15) is 10.5 Å². The number of aromatic nitrogens is 2. The fourth-order valence-electron chi connectivity index (χ4n) is 1.87. The molecule has 0 aliphatic heterocycles. The van der Waals surface area contributed by atoms with Crippen LogP contribution in [0, 0.1) is 6.92 Å². The lowest BCUT2D eigenvalue weighted by atomic mass is 9.91. The van der Waals surface area contributed by atoms with E-state index in [0.29, 0.717) is 5.75 Å². The van der Waals surface area contributed by atoms with Gasteiger partial charge in [0.15, 0.2) is 4.34 Å². The van der Waals surface area contributed by atoms with Crippen molar-refractivity contribution in [3.05, 3.63) is 40.9 Å². The van der Waals surface area contributed by atoms with Gasteiger partial charge in [-0.05, 0) is 19.5 Å². The molecule has 1 aromatic heterocycles. The Morgan fingerprint density at radius 3 is 2.60 bits per heavy atom. The first-order valence-electron chi connectivity index (χ1n) is 6.06. The second-order valence-electron chi connectivity index (χ2n) is 4.26. The third-order valence-corrected chi connectivity index (χ3v) is 5.18. The smallest absolute Gasteiger partial charge is 0.243 e. The zero-order chi connectivity index (χ0) is 14.6. The lowest BCUT2D eigenvalue weighted by molar-refractivity contribution is -0.123. The number of hydrogen-bond donors (Lipinski definition) is 2. The Bertz CT molecular complexity index is 587. The number of rotatable bonds is 6. The van der Waals surface area contributed by atoms with E-state index in [-0.39, 0.29) is 0 Å². The number of amides is 1. The predicted octanol–water partition coefficient (Wildman–Crippen LogP) is 1.54. The quantitative estimate of drug-likeness (QED) is 0.791. The topological polar surface area (TPSA) is 80.9 Å². The Labute approximate surface area is 126 Å². The summed E-state index contributed by atoms with van der Waals surface area (Å²) in [6.45, 7) is 1.90. The summed E-state index contributed by atoms with van der Waals surface area (Å²) in [6, 6.07) is 9.49. The minimum absolute atomic E-state index is 0.403. The molecule has 0 fully saturated rings. The highest BCUT2D eigenvalue weighted by atomic mass is 32.2. The van der Waals surface area contributed by atoms with E-state index < -0.39 is 11.4 Å². The van der Waals surface area contributed by atoms with E-state index in [4.69, 9.17) is 5.73 Å². The maximum absolute atomic E-state index is 12.0. The number of benzene rings is 1. The first kappa shape index (κ1) is 15.0. The van der Waals surface area contributed by atoms with Gasteiger partial charge in [-0.1, -0.05) is 53.4 Å². The summed E-state index contributed by atoms with van der Waals surface area (Å²) < 4.78 is 0.833. The number of nitrogens with zero attached hydrogens (tertiary/aromatic N) is 2. The molecule has 106 valence electrons. The maximum Gasteiger partial charge on any atom is 0.243 e. The van der Waals surface area contributed by atoms with Crippen molar-refractivity contribution in [3.8, 4) is 0 Å². The number of nitrogens with one attached hydrogen (secondary N) is 1. The molecule has 0 aliphatic rings. The van der Waals surface area contributed by atoms with Crippen molar-refractivity contribution in [3.63, 3.8) is 0 Å². The summed E-state index contributed by atoms with van der Waals surface area (Å²) in [4.78, 5) is 12.0. The first-order chi connectivity index (χ1) is 9.58. The van der Waals surface area contributed by atoms with E-state index in [1.54, 1.807) is 7.05 Å². The molecule has 3 N–H and O–H groups in total. The van der Waals surface area contributed by atoms with Gasteiger partial charge in [0, 0.05) is 5.75 Å². The molecule has 0 radical (unpaired) electrons. The van der Waals surface area contributed by atoms with E-state index >= 15 is 0 Å². The van der Waals surface area contributed by atoms with Crippen molar-refractivity contribution in [2.45, 2.75) is 16.8 Å². The molecule has 20 heavy (non-hydrogen) atoms. The van der Waals surface area contributed by atoms with Crippen LogP contribution in [0.2, 0.25) is 0 Å². The standard InChI is InChI=1S/C13H16N4OS2/c1-9-16-17-12(20-9)19-8-13(15-2,11(14)18)10-6-4-3-5-7-10/h3-7,15H,8H2,1-2H3,(H2,14,18). The zero-order valence-electron chi connectivity index (χ0n) is 11.3. The summed E-state index contributed by atoms with van der Waals surface area (Å²) >= 11 is 2.98. The summed E-state index contributed by atoms with van der Waals surface area (Å²) in [5.41, 5.74) is 5.58. The number of aryl methyl sites for hydroxylation is 1. The Kier molecular flexibility index (Phi) is 4.74. The Balaban J connectivity index is 2.26. The number of carbonyl (C=O) groups excluding carboxylic acids is 1. The van der Waals surface area contributed by atoms with Crippen LogP contribution in [0.4, 0.5) is 0 Å². The number of nitrogens with two attached hydrogens (primary N) is 1. The molecule has 1 aromatic carbocycles. The van der Waals surface area contributed by atoms with Gasteiger partial charge >= 0.3 is 0 Å². The summed E-state index contributed by atoms with van der Waals surface area (Å²) in [5.74, 6) is 0.0669. The highest BCUT2D eigenvalue weighted by Gasteiger charge is 2.37.